The number of aromatic nitrogens is 1. The van der Waals surface area contributed by atoms with Crippen LogP contribution in [0.1, 0.15) is 0 Å². The van der Waals surface area contributed by atoms with Crippen LogP contribution in [0.2, 0.25) is 0 Å². The number of rotatable bonds is 4. The predicted octanol–water partition coefficient (Wildman–Crippen LogP) is 2.20. The van der Waals surface area contributed by atoms with E-state index in [-0.39, 0.29) is 0 Å². The van der Waals surface area contributed by atoms with Gasteiger partial charge in [-0.1, -0.05) is 0 Å². The van der Waals surface area contributed by atoms with Gasteiger partial charge in [-0.05, 0) is 6.07 Å². The van der Waals surface area contributed by atoms with Gasteiger partial charge in [0, 0.05) is 12.6 Å². The first kappa shape index (κ1) is 13.1. The summed E-state index contributed by atoms with van der Waals surface area (Å²) >= 11 is 0. The lowest BCUT2D eigenvalue weighted by Crippen LogP contribution is -2.28. The SMILES string of the molecule is COc1ccc(NCC(C#N)C(F)(F)F)cn1. The van der Waals surface area contributed by atoms with Crippen LogP contribution in [0.4, 0.5) is 18.9 Å². The zero-order valence-electron chi connectivity index (χ0n) is 8.95. The smallest absolute Gasteiger partial charge is 0.406 e. The van der Waals surface area contributed by atoms with Gasteiger partial charge < -0.3 is 10.1 Å². The number of nitriles is 1. The topological polar surface area (TPSA) is 57.9 Å². The molecule has 1 rings (SSSR count). The normalized spacial score (nSPS) is 12.6. The summed E-state index contributed by atoms with van der Waals surface area (Å²) < 4.78 is 41.5. The maximum atomic E-state index is 12.2. The van der Waals surface area contributed by atoms with Crippen molar-refractivity contribution in [3.63, 3.8) is 0 Å². The molecule has 1 aromatic heterocycles. The molecule has 0 bridgehead atoms. The number of ether oxygens (including phenoxy) is 1. The van der Waals surface area contributed by atoms with Crippen molar-refractivity contribution in [2.45, 2.75) is 6.18 Å². The number of nitrogens with one attached hydrogen (secondary N) is 1. The third kappa shape index (κ3) is 3.83. The predicted molar refractivity (Wildman–Crippen MR) is 54.4 cm³/mol. The van der Waals surface area contributed by atoms with Crippen molar-refractivity contribution in [2.24, 2.45) is 5.92 Å². The maximum Gasteiger partial charge on any atom is 0.406 e. The van der Waals surface area contributed by atoms with E-state index in [0.29, 0.717) is 11.6 Å². The molecular formula is C10H10F3N3O. The Kier molecular flexibility index (Phi) is 4.15. The molecule has 1 heterocycles. The minimum Gasteiger partial charge on any atom is -0.481 e. The fraction of sp³-hybridized carbons (Fsp3) is 0.400. The molecule has 0 radical (unpaired) electrons. The van der Waals surface area contributed by atoms with Crippen LogP contribution in [-0.4, -0.2) is 24.8 Å². The summed E-state index contributed by atoms with van der Waals surface area (Å²) in [5.74, 6) is -1.67. The summed E-state index contributed by atoms with van der Waals surface area (Å²) in [5, 5.41) is 10.9. The van der Waals surface area contributed by atoms with E-state index < -0.39 is 18.6 Å². The quantitative estimate of drug-likeness (QED) is 0.883. The second kappa shape index (κ2) is 5.39. The standard InChI is InChI=1S/C10H10F3N3O/c1-17-9-3-2-8(6-16-9)15-5-7(4-14)10(11,12)13/h2-3,6-7,15H,5H2,1H3. The van der Waals surface area contributed by atoms with Crippen molar-refractivity contribution in [2.75, 3.05) is 19.0 Å². The molecule has 0 spiro atoms. The molecule has 0 fully saturated rings. The highest BCUT2D eigenvalue weighted by atomic mass is 19.4. The van der Waals surface area contributed by atoms with E-state index in [1.54, 1.807) is 0 Å². The first-order valence-electron chi connectivity index (χ1n) is 4.67. The highest BCUT2D eigenvalue weighted by molar-refractivity contribution is 5.42. The molecule has 0 aromatic carbocycles. The Hall–Kier alpha value is -1.97. The lowest BCUT2D eigenvalue weighted by molar-refractivity contribution is -0.155. The molecular weight excluding hydrogens is 235 g/mol. The van der Waals surface area contributed by atoms with Gasteiger partial charge in [-0.15, -0.1) is 0 Å². The van der Waals surface area contributed by atoms with Crippen molar-refractivity contribution in [1.82, 2.24) is 4.98 Å². The van der Waals surface area contributed by atoms with Gasteiger partial charge in [0.15, 0.2) is 5.92 Å². The monoisotopic (exact) mass is 245 g/mol. The second-order valence-corrected chi connectivity index (χ2v) is 3.19. The number of alkyl halides is 3. The number of pyridine rings is 1. The summed E-state index contributed by atoms with van der Waals surface area (Å²) in [6.45, 7) is -0.506. The molecule has 0 aliphatic carbocycles. The highest BCUT2D eigenvalue weighted by Gasteiger charge is 2.39. The van der Waals surface area contributed by atoms with Gasteiger partial charge >= 0.3 is 6.18 Å². The van der Waals surface area contributed by atoms with Gasteiger partial charge in [0.2, 0.25) is 5.88 Å². The van der Waals surface area contributed by atoms with Crippen molar-refractivity contribution in [1.29, 1.82) is 5.26 Å². The van der Waals surface area contributed by atoms with Gasteiger partial charge in [-0.25, -0.2) is 4.98 Å². The molecule has 92 valence electrons. The molecule has 7 heteroatoms. The van der Waals surface area contributed by atoms with Crippen molar-refractivity contribution >= 4 is 5.69 Å². The van der Waals surface area contributed by atoms with Crippen LogP contribution in [0.3, 0.4) is 0 Å². The third-order valence-corrected chi connectivity index (χ3v) is 2.01. The summed E-state index contributed by atoms with van der Waals surface area (Å²) in [7, 11) is 1.44. The average Bonchev–Trinajstić information content (AvgIpc) is 2.29. The van der Waals surface area contributed by atoms with E-state index in [2.05, 4.69) is 10.3 Å². The van der Waals surface area contributed by atoms with E-state index in [1.165, 1.54) is 31.5 Å². The number of halogens is 3. The summed E-state index contributed by atoms with van der Waals surface area (Å²) in [5.41, 5.74) is 0.398. The summed E-state index contributed by atoms with van der Waals surface area (Å²) in [6, 6.07) is 4.24. The van der Waals surface area contributed by atoms with E-state index in [4.69, 9.17) is 10.00 Å². The van der Waals surface area contributed by atoms with Gasteiger partial charge in [0.1, 0.15) is 0 Å². The maximum absolute atomic E-state index is 12.2. The average molecular weight is 245 g/mol. The van der Waals surface area contributed by atoms with E-state index in [9.17, 15) is 13.2 Å². The van der Waals surface area contributed by atoms with Gasteiger partial charge in [-0.3, -0.25) is 0 Å². The molecule has 4 nitrogen and oxygen atoms in total. The first-order valence-corrected chi connectivity index (χ1v) is 4.67. The largest absolute Gasteiger partial charge is 0.481 e. The van der Waals surface area contributed by atoms with Crippen LogP contribution < -0.4 is 10.1 Å². The van der Waals surface area contributed by atoms with Gasteiger partial charge in [0.05, 0.1) is 25.1 Å². The van der Waals surface area contributed by atoms with E-state index in [0.717, 1.165) is 0 Å². The molecule has 0 saturated carbocycles. The molecule has 1 unspecified atom stereocenters. The van der Waals surface area contributed by atoms with Crippen molar-refractivity contribution < 1.29 is 17.9 Å². The second-order valence-electron chi connectivity index (χ2n) is 3.19. The Morgan fingerprint density at radius 1 is 1.53 bits per heavy atom. The van der Waals surface area contributed by atoms with Gasteiger partial charge in [-0.2, -0.15) is 18.4 Å². The minimum absolute atomic E-state index is 0.364. The van der Waals surface area contributed by atoms with E-state index in [1.807, 2.05) is 0 Å². The Morgan fingerprint density at radius 2 is 2.24 bits per heavy atom. The summed E-state index contributed by atoms with van der Waals surface area (Å²) in [6.07, 6.45) is -3.19. The molecule has 0 aliphatic rings. The van der Waals surface area contributed by atoms with Crippen LogP contribution in [0.25, 0.3) is 0 Å². The molecule has 0 amide bonds. The first-order chi connectivity index (χ1) is 7.97. The Balaban J connectivity index is 2.58. The molecule has 1 aromatic rings. The van der Waals surface area contributed by atoms with Crippen LogP contribution in [0.5, 0.6) is 5.88 Å². The zero-order valence-corrected chi connectivity index (χ0v) is 8.95. The fourth-order valence-corrected chi connectivity index (χ4v) is 1.06. The van der Waals surface area contributed by atoms with Crippen molar-refractivity contribution in [3.05, 3.63) is 18.3 Å². The molecule has 0 aliphatic heterocycles. The zero-order chi connectivity index (χ0) is 12.9. The lowest BCUT2D eigenvalue weighted by atomic mass is 10.1. The Morgan fingerprint density at radius 3 is 2.65 bits per heavy atom. The number of methoxy groups -OCH3 is 1. The molecule has 1 N–H and O–H groups in total. The lowest BCUT2D eigenvalue weighted by Gasteiger charge is -2.14. The number of hydrogen-bond donors (Lipinski definition) is 1. The molecule has 17 heavy (non-hydrogen) atoms. The highest BCUT2D eigenvalue weighted by Crippen LogP contribution is 2.25. The van der Waals surface area contributed by atoms with Gasteiger partial charge in [0.25, 0.3) is 0 Å². The number of anilines is 1. The van der Waals surface area contributed by atoms with Crippen LogP contribution in [0.15, 0.2) is 18.3 Å². The van der Waals surface area contributed by atoms with Crippen LogP contribution in [0, 0.1) is 17.2 Å². The van der Waals surface area contributed by atoms with Crippen molar-refractivity contribution in [3.8, 4) is 11.9 Å². The number of hydrogen-bond acceptors (Lipinski definition) is 4. The molecule has 0 saturated heterocycles. The Bertz CT molecular complexity index is 397. The van der Waals surface area contributed by atoms with E-state index >= 15 is 0 Å². The van der Waals surface area contributed by atoms with Crippen LogP contribution in [-0.2, 0) is 0 Å². The summed E-state index contributed by atoms with van der Waals surface area (Å²) in [4.78, 5) is 3.81. The molecule has 1 atom stereocenters. The third-order valence-electron chi connectivity index (χ3n) is 2.01. The minimum atomic E-state index is -4.53. The number of nitrogens with zero attached hydrogens (tertiary/aromatic N) is 2. The van der Waals surface area contributed by atoms with Crippen LogP contribution >= 0.6 is 0 Å². The Labute approximate surface area is 96.0 Å². The fourth-order valence-electron chi connectivity index (χ4n) is 1.06.